The molecule has 1 aromatic heterocycles. The number of benzene rings is 4. The number of nitrogens with one attached hydrogen (secondary N) is 2. The number of hydrogen-bond acceptors (Lipinski definition) is 7. The minimum atomic E-state index is -0.793. The van der Waals surface area contributed by atoms with Crippen molar-refractivity contribution in [3.8, 4) is 5.75 Å². The normalized spacial score (nSPS) is 19.1. The predicted octanol–water partition coefficient (Wildman–Crippen LogP) is 6.93. The Labute approximate surface area is 276 Å². The van der Waals surface area contributed by atoms with E-state index in [0.717, 1.165) is 31.1 Å². The van der Waals surface area contributed by atoms with Crippen molar-refractivity contribution in [2.75, 3.05) is 16.8 Å². The molecule has 3 heterocycles. The van der Waals surface area contributed by atoms with Gasteiger partial charge in [-0.25, -0.2) is 4.90 Å². The van der Waals surface area contributed by atoms with Crippen LogP contribution < -0.4 is 19.8 Å². The predicted molar refractivity (Wildman–Crippen MR) is 179 cm³/mol. The van der Waals surface area contributed by atoms with Crippen LogP contribution in [-0.4, -0.2) is 34.6 Å². The molecule has 220 valence electrons. The third-order valence-corrected chi connectivity index (χ3v) is 11.0. The quantitative estimate of drug-likeness (QED) is 0.182. The summed E-state index contributed by atoms with van der Waals surface area (Å²) in [6, 6.07) is 25.9. The first-order chi connectivity index (χ1) is 21.3. The van der Waals surface area contributed by atoms with Crippen LogP contribution >= 0.6 is 55.0 Å². The maximum atomic E-state index is 14.1. The number of aromatic amines is 1. The second-order valence-electron chi connectivity index (χ2n) is 10.3. The monoisotopic (exact) mass is 749 g/mol. The van der Waals surface area contributed by atoms with Crippen molar-refractivity contribution >= 4 is 94.8 Å². The highest BCUT2D eigenvalue weighted by atomic mass is 79.9. The Morgan fingerprint density at radius 3 is 2.43 bits per heavy atom. The molecule has 1 fully saturated rings. The van der Waals surface area contributed by atoms with E-state index in [4.69, 9.17) is 4.74 Å². The summed E-state index contributed by atoms with van der Waals surface area (Å²) in [5.74, 6) is -2.13. The van der Waals surface area contributed by atoms with Gasteiger partial charge in [-0.15, -0.1) is 0 Å². The zero-order chi connectivity index (χ0) is 30.5. The van der Waals surface area contributed by atoms with Gasteiger partial charge in [0.25, 0.3) is 5.91 Å². The van der Waals surface area contributed by atoms with E-state index in [1.807, 2.05) is 48.5 Å². The van der Waals surface area contributed by atoms with E-state index in [9.17, 15) is 19.2 Å². The van der Waals surface area contributed by atoms with E-state index >= 15 is 0 Å². The minimum absolute atomic E-state index is 0.274. The van der Waals surface area contributed by atoms with E-state index in [0.29, 0.717) is 32.6 Å². The summed E-state index contributed by atoms with van der Waals surface area (Å²) in [5, 5.41) is 4.75. The number of carbonyl (C=O) groups excluding carboxylic acids is 3. The van der Waals surface area contributed by atoms with Crippen molar-refractivity contribution in [2.45, 2.75) is 16.2 Å². The summed E-state index contributed by atoms with van der Waals surface area (Å²) in [6.45, 7) is -0.287. The molecule has 0 bridgehead atoms. The number of rotatable bonds is 6. The van der Waals surface area contributed by atoms with Crippen LogP contribution in [0.25, 0.3) is 10.8 Å². The molecule has 0 saturated carbocycles. The van der Waals surface area contributed by atoms with Gasteiger partial charge in [0.2, 0.25) is 11.8 Å². The zero-order valence-electron chi connectivity index (χ0n) is 22.6. The molecule has 0 unspecified atom stereocenters. The van der Waals surface area contributed by atoms with Crippen molar-refractivity contribution < 1.29 is 19.1 Å². The lowest BCUT2D eigenvalue weighted by Crippen LogP contribution is -2.32. The number of ether oxygens (including phenoxy) is 1. The fourth-order valence-electron chi connectivity index (χ4n) is 5.70. The number of fused-ring (bicyclic) bond motifs is 3. The number of thioether (sulfide) groups is 1. The summed E-state index contributed by atoms with van der Waals surface area (Å²) in [6.07, 6.45) is 0. The van der Waals surface area contributed by atoms with E-state index in [2.05, 4.69) is 42.2 Å². The Hall–Kier alpha value is -3.71. The average molecular weight is 751 g/mol. The standard InChI is InChI=1S/C32H21Br2N3O5S2/c33-18-6-10-21(11-7-18)37-30(39)26-25(27-29(36-32(41)44-27)43-28(26)31(37)40)22-14-19(34)8-12-23(22)42-15-24(38)35-20-9-5-16-3-1-2-4-17(16)13-20/h1-14,25-26,28H,15H2,(H,35,38)(H,36,41)/t25-,26-,28+/m0/s1. The van der Waals surface area contributed by atoms with Crippen LogP contribution in [-0.2, 0) is 14.4 Å². The summed E-state index contributed by atoms with van der Waals surface area (Å²) in [4.78, 5) is 57.8. The number of anilines is 2. The van der Waals surface area contributed by atoms with Crippen LogP contribution in [0.1, 0.15) is 16.4 Å². The van der Waals surface area contributed by atoms with Gasteiger partial charge in [-0.05, 0) is 65.4 Å². The van der Waals surface area contributed by atoms with Crippen LogP contribution in [0.15, 0.2) is 104 Å². The maximum absolute atomic E-state index is 14.1. The summed E-state index contributed by atoms with van der Waals surface area (Å²) < 4.78 is 7.63. The Kier molecular flexibility index (Phi) is 7.69. The van der Waals surface area contributed by atoms with Crippen molar-refractivity contribution in [2.24, 2.45) is 5.92 Å². The maximum Gasteiger partial charge on any atom is 0.305 e. The molecule has 5 aromatic rings. The number of aromatic nitrogens is 1. The van der Waals surface area contributed by atoms with Crippen molar-refractivity contribution in [1.29, 1.82) is 0 Å². The second kappa shape index (κ2) is 11.7. The van der Waals surface area contributed by atoms with Crippen LogP contribution in [0.4, 0.5) is 11.4 Å². The molecule has 2 aliphatic rings. The number of halogens is 2. The topological polar surface area (TPSA) is 109 Å². The van der Waals surface area contributed by atoms with Crippen molar-refractivity contribution in [1.82, 2.24) is 4.98 Å². The molecule has 2 aliphatic heterocycles. The van der Waals surface area contributed by atoms with Crippen LogP contribution in [0.2, 0.25) is 0 Å². The first-order valence-corrected chi connectivity index (χ1v) is 16.8. The Bertz CT molecular complexity index is 2030. The van der Waals surface area contributed by atoms with Gasteiger partial charge in [0.05, 0.1) is 16.6 Å². The molecule has 3 atom stereocenters. The van der Waals surface area contributed by atoms with Crippen LogP contribution in [0.5, 0.6) is 5.75 Å². The molecular formula is C32H21Br2N3O5S2. The molecule has 0 radical (unpaired) electrons. The molecule has 44 heavy (non-hydrogen) atoms. The number of imide groups is 1. The Morgan fingerprint density at radius 1 is 0.886 bits per heavy atom. The van der Waals surface area contributed by atoms with Gasteiger partial charge < -0.3 is 15.0 Å². The average Bonchev–Trinajstić information content (AvgIpc) is 3.51. The number of carbonyl (C=O) groups is 3. The third kappa shape index (κ3) is 5.29. The lowest BCUT2D eigenvalue weighted by Gasteiger charge is -2.31. The van der Waals surface area contributed by atoms with Crippen LogP contribution in [0, 0.1) is 5.92 Å². The lowest BCUT2D eigenvalue weighted by atomic mass is 9.82. The smallest absolute Gasteiger partial charge is 0.305 e. The number of hydrogen-bond donors (Lipinski definition) is 2. The van der Waals surface area contributed by atoms with E-state index in [1.165, 1.54) is 16.7 Å². The second-order valence-corrected chi connectivity index (χ2v) is 14.3. The van der Waals surface area contributed by atoms with Gasteiger partial charge in [0.15, 0.2) is 6.61 Å². The number of amides is 3. The van der Waals surface area contributed by atoms with Crippen LogP contribution in [0.3, 0.4) is 0 Å². The molecule has 12 heteroatoms. The Balaban J connectivity index is 1.21. The third-order valence-electron chi connectivity index (χ3n) is 7.61. The summed E-state index contributed by atoms with van der Waals surface area (Å²) >= 11 is 9.16. The highest BCUT2D eigenvalue weighted by Crippen LogP contribution is 2.54. The molecule has 4 aromatic carbocycles. The fraction of sp³-hybridized carbons (Fsp3) is 0.125. The van der Waals surface area contributed by atoms with E-state index < -0.39 is 17.1 Å². The molecular weight excluding hydrogens is 730 g/mol. The largest absolute Gasteiger partial charge is 0.483 e. The highest BCUT2D eigenvalue weighted by molar-refractivity contribution is 9.10. The van der Waals surface area contributed by atoms with Gasteiger partial charge in [-0.2, -0.15) is 0 Å². The molecule has 2 N–H and O–H groups in total. The van der Waals surface area contributed by atoms with Gasteiger partial charge in [-0.3, -0.25) is 19.2 Å². The number of nitrogens with zero attached hydrogens (tertiary/aromatic N) is 1. The first kappa shape index (κ1) is 29.0. The molecule has 0 spiro atoms. The lowest BCUT2D eigenvalue weighted by molar-refractivity contribution is -0.122. The number of thiazole rings is 1. The minimum Gasteiger partial charge on any atom is -0.483 e. The van der Waals surface area contributed by atoms with Gasteiger partial charge >= 0.3 is 4.87 Å². The van der Waals surface area contributed by atoms with Gasteiger partial charge in [-0.1, -0.05) is 85.3 Å². The van der Waals surface area contributed by atoms with E-state index in [1.54, 1.807) is 36.4 Å². The van der Waals surface area contributed by atoms with Crippen molar-refractivity contribution in [3.05, 3.63) is 114 Å². The van der Waals surface area contributed by atoms with Gasteiger partial charge in [0.1, 0.15) is 11.0 Å². The summed E-state index contributed by atoms with van der Waals surface area (Å²) in [7, 11) is 0. The molecule has 3 amide bonds. The van der Waals surface area contributed by atoms with E-state index in [-0.39, 0.29) is 29.2 Å². The molecule has 0 aliphatic carbocycles. The fourth-order valence-corrected chi connectivity index (χ4v) is 8.85. The van der Waals surface area contributed by atoms with Crippen molar-refractivity contribution in [3.63, 3.8) is 0 Å². The summed E-state index contributed by atoms with van der Waals surface area (Å²) in [5.41, 5.74) is 1.72. The molecule has 8 nitrogen and oxygen atoms in total. The zero-order valence-corrected chi connectivity index (χ0v) is 27.4. The molecule has 1 saturated heterocycles. The SMILES string of the molecule is O=C(COc1ccc(Br)cc1[C@@H]1c2sc(=O)[nH]c2S[C@H]2C(=O)N(c3ccc(Br)cc3)C(=O)[C@@H]12)Nc1ccc2ccccc2c1. The number of H-pyrrole nitrogens is 1. The Morgan fingerprint density at radius 2 is 1.64 bits per heavy atom. The highest BCUT2D eigenvalue weighted by Gasteiger charge is 2.56. The first-order valence-electron chi connectivity index (χ1n) is 13.5. The molecule has 7 rings (SSSR count). The van der Waals surface area contributed by atoms with Gasteiger partial charge in [0, 0.05) is 31.0 Å².